The van der Waals surface area contributed by atoms with Crippen LogP contribution in [0.25, 0.3) is 0 Å². The Morgan fingerprint density at radius 2 is 2.00 bits per heavy atom. The lowest BCUT2D eigenvalue weighted by Gasteiger charge is -2.32. The Morgan fingerprint density at radius 3 is 2.62 bits per heavy atom. The van der Waals surface area contributed by atoms with Crippen LogP contribution in [0, 0.1) is 11.3 Å². The smallest absolute Gasteiger partial charge is 0.244 e. The molecule has 2 unspecified atom stereocenters. The fourth-order valence-electron chi connectivity index (χ4n) is 4.89. The summed E-state index contributed by atoms with van der Waals surface area (Å²) < 4.78 is 1.68. The highest BCUT2D eigenvalue weighted by molar-refractivity contribution is 7.07. The van der Waals surface area contributed by atoms with Gasteiger partial charge < -0.3 is 14.7 Å². The van der Waals surface area contributed by atoms with E-state index in [9.17, 15) is 9.59 Å². The van der Waals surface area contributed by atoms with Crippen molar-refractivity contribution in [3.05, 3.63) is 40.8 Å². The number of carbonyl (C=O) groups excluding carboxylic acids is 2. The van der Waals surface area contributed by atoms with Gasteiger partial charge in [-0.25, -0.2) is 0 Å². The molecule has 2 saturated heterocycles. The molecule has 2 aromatic rings. The second-order valence-electron chi connectivity index (χ2n) is 8.68. The summed E-state index contributed by atoms with van der Waals surface area (Å²) >= 11 is 1.67. The van der Waals surface area contributed by atoms with Crippen LogP contribution in [0.1, 0.15) is 12.0 Å². The number of amides is 2. The third-order valence-corrected chi connectivity index (χ3v) is 6.89. The van der Waals surface area contributed by atoms with Crippen LogP contribution in [-0.4, -0.2) is 83.1 Å². The van der Waals surface area contributed by atoms with E-state index in [-0.39, 0.29) is 23.8 Å². The molecule has 4 heterocycles. The van der Waals surface area contributed by atoms with Gasteiger partial charge in [-0.15, -0.1) is 0 Å². The average molecular weight is 416 g/mol. The summed E-state index contributed by atoms with van der Waals surface area (Å²) in [6.45, 7) is 4.09. The number of likely N-dealkylation sites (tertiary alicyclic amines) is 2. The largest absolute Gasteiger partial charge is 0.342 e. The van der Waals surface area contributed by atoms with Crippen molar-refractivity contribution in [2.45, 2.75) is 19.4 Å². The van der Waals surface area contributed by atoms with Gasteiger partial charge in [-0.05, 0) is 49.0 Å². The van der Waals surface area contributed by atoms with E-state index in [1.807, 2.05) is 22.1 Å². The van der Waals surface area contributed by atoms with Crippen molar-refractivity contribution in [3.63, 3.8) is 0 Å². The topological polar surface area (TPSA) is 61.7 Å². The second kappa shape index (κ2) is 8.28. The highest BCUT2D eigenvalue weighted by atomic mass is 32.1. The van der Waals surface area contributed by atoms with Gasteiger partial charge in [0.1, 0.15) is 6.54 Å². The zero-order chi connectivity index (χ0) is 20.4. The molecular weight excluding hydrogens is 386 g/mol. The van der Waals surface area contributed by atoms with Gasteiger partial charge in [-0.2, -0.15) is 16.4 Å². The fraction of sp³-hybridized carbons (Fsp3) is 0.571. The SMILES string of the molecule is CN(C)CC12CN(C(=O)CCc3ccsc3)CC1CN(C(=O)Cn1cccn1)C2. The van der Waals surface area contributed by atoms with Gasteiger partial charge >= 0.3 is 0 Å². The van der Waals surface area contributed by atoms with Gasteiger partial charge in [0.2, 0.25) is 11.8 Å². The predicted molar refractivity (Wildman–Crippen MR) is 113 cm³/mol. The quantitative estimate of drug-likeness (QED) is 0.686. The average Bonchev–Trinajstić information content (AvgIpc) is 3.43. The van der Waals surface area contributed by atoms with Crippen LogP contribution in [0.3, 0.4) is 0 Å². The van der Waals surface area contributed by atoms with Crippen molar-refractivity contribution in [3.8, 4) is 0 Å². The molecule has 2 aromatic heterocycles. The highest BCUT2D eigenvalue weighted by Gasteiger charge is 2.54. The Hall–Kier alpha value is -2.19. The van der Waals surface area contributed by atoms with Crippen LogP contribution in [0.4, 0.5) is 0 Å². The minimum atomic E-state index is -0.0404. The van der Waals surface area contributed by atoms with E-state index in [1.54, 1.807) is 22.2 Å². The summed E-state index contributed by atoms with van der Waals surface area (Å²) in [5.41, 5.74) is 1.20. The maximum absolute atomic E-state index is 12.9. The first kappa shape index (κ1) is 20.1. The van der Waals surface area contributed by atoms with Crippen molar-refractivity contribution in [1.82, 2.24) is 24.5 Å². The molecular formula is C21H29N5O2S. The van der Waals surface area contributed by atoms with E-state index < -0.39 is 0 Å². The van der Waals surface area contributed by atoms with E-state index in [4.69, 9.17) is 0 Å². The number of aromatic nitrogens is 2. The third kappa shape index (κ3) is 4.38. The molecule has 2 atom stereocenters. The monoisotopic (exact) mass is 415 g/mol. The molecule has 29 heavy (non-hydrogen) atoms. The Kier molecular flexibility index (Phi) is 5.74. The van der Waals surface area contributed by atoms with Crippen molar-refractivity contribution >= 4 is 23.2 Å². The molecule has 2 fully saturated rings. The lowest BCUT2D eigenvalue weighted by molar-refractivity contribution is -0.132. The number of thiophene rings is 1. The van der Waals surface area contributed by atoms with Crippen LogP contribution in [-0.2, 0) is 22.6 Å². The minimum absolute atomic E-state index is 0.0404. The molecule has 2 aliphatic rings. The zero-order valence-corrected chi connectivity index (χ0v) is 18.0. The predicted octanol–water partition coefficient (Wildman–Crippen LogP) is 1.43. The van der Waals surface area contributed by atoms with Crippen LogP contribution < -0.4 is 0 Å². The van der Waals surface area contributed by atoms with Crippen LogP contribution >= 0.6 is 11.3 Å². The minimum Gasteiger partial charge on any atom is -0.342 e. The summed E-state index contributed by atoms with van der Waals surface area (Å²) in [5, 5.41) is 8.32. The highest BCUT2D eigenvalue weighted by Crippen LogP contribution is 2.43. The molecule has 0 radical (unpaired) electrons. The van der Waals surface area contributed by atoms with Gasteiger partial charge in [0, 0.05) is 62.9 Å². The standard InChI is InChI=1S/C21H29N5O2S/c1-23(2)14-21-15-24(19(27)5-4-17-6-9-29-13-17)10-18(21)11-25(16-21)20(28)12-26-8-3-7-22-26/h3,6-9,13,18H,4-5,10-12,14-16H2,1-2H3. The summed E-state index contributed by atoms with van der Waals surface area (Å²) in [7, 11) is 4.14. The molecule has 2 amide bonds. The van der Waals surface area contributed by atoms with Gasteiger partial charge in [0.25, 0.3) is 0 Å². The number of fused-ring (bicyclic) bond motifs is 1. The van der Waals surface area contributed by atoms with Crippen LogP contribution in [0.5, 0.6) is 0 Å². The maximum Gasteiger partial charge on any atom is 0.244 e. The number of rotatable bonds is 7. The first-order chi connectivity index (χ1) is 13.9. The van der Waals surface area contributed by atoms with E-state index in [1.165, 1.54) is 5.56 Å². The van der Waals surface area contributed by atoms with Crippen molar-refractivity contribution in [1.29, 1.82) is 0 Å². The van der Waals surface area contributed by atoms with Crippen molar-refractivity contribution in [2.75, 3.05) is 46.8 Å². The second-order valence-corrected chi connectivity index (χ2v) is 9.46. The molecule has 0 aromatic carbocycles. The van der Waals surface area contributed by atoms with E-state index in [0.29, 0.717) is 18.9 Å². The summed E-state index contributed by atoms with van der Waals surface area (Å²) in [6.07, 6.45) is 4.87. The number of nitrogens with zero attached hydrogens (tertiary/aromatic N) is 5. The normalized spacial score (nSPS) is 23.8. The fourth-order valence-corrected chi connectivity index (χ4v) is 5.59. The molecule has 0 aliphatic carbocycles. The lowest BCUT2D eigenvalue weighted by Crippen LogP contribution is -2.44. The van der Waals surface area contributed by atoms with E-state index in [0.717, 1.165) is 32.6 Å². The summed E-state index contributed by atoms with van der Waals surface area (Å²) in [4.78, 5) is 31.8. The van der Waals surface area contributed by atoms with Crippen molar-refractivity contribution in [2.24, 2.45) is 11.3 Å². The lowest BCUT2D eigenvalue weighted by atomic mass is 9.80. The molecule has 4 rings (SSSR count). The zero-order valence-electron chi connectivity index (χ0n) is 17.2. The van der Waals surface area contributed by atoms with Gasteiger partial charge in [0.15, 0.2) is 0 Å². The number of aryl methyl sites for hydroxylation is 1. The number of carbonyl (C=O) groups is 2. The summed E-state index contributed by atoms with van der Waals surface area (Å²) in [6, 6.07) is 3.92. The Bertz CT molecular complexity index is 835. The van der Waals surface area contributed by atoms with Crippen molar-refractivity contribution < 1.29 is 9.59 Å². The van der Waals surface area contributed by atoms with Gasteiger partial charge in [-0.3, -0.25) is 14.3 Å². The molecule has 0 bridgehead atoms. The van der Waals surface area contributed by atoms with E-state index in [2.05, 4.69) is 40.9 Å². The van der Waals surface area contributed by atoms with Crippen LogP contribution in [0.15, 0.2) is 35.3 Å². The third-order valence-electron chi connectivity index (χ3n) is 6.16. The van der Waals surface area contributed by atoms with E-state index >= 15 is 0 Å². The molecule has 8 heteroatoms. The van der Waals surface area contributed by atoms with Gasteiger partial charge in [0.05, 0.1) is 0 Å². The molecule has 2 aliphatic heterocycles. The molecule has 0 N–H and O–H groups in total. The molecule has 7 nitrogen and oxygen atoms in total. The first-order valence-electron chi connectivity index (χ1n) is 10.1. The summed E-state index contributed by atoms with van der Waals surface area (Å²) in [5.74, 6) is 0.672. The van der Waals surface area contributed by atoms with Crippen LogP contribution in [0.2, 0.25) is 0 Å². The Morgan fingerprint density at radius 1 is 1.24 bits per heavy atom. The number of hydrogen-bond donors (Lipinski definition) is 0. The maximum atomic E-state index is 12.9. The molecule has 0 saturated carbocycles. The van der Waals surface area contributed by atoms with Gasteiger partial charge in [-0.1, -0.05) is 0 Å². The molecule has 0 spiro atoms. The number of hydrogen-bond acceptors (Lipinski definition) is 5. The first-order valence-corrected chi connectivity index (χ1v) is 11.1. The Balaban J connectivity index is 1.40. The Labute approximate surface area is 175 Å². The molecule has 156 valence electrons.